The molecule has 0 unspecified atom stereocenters. The zero-order valence-electron chi connectivity index (χ0n) is 13.6. The highest BCUT2D eigenvalue weighted by Gasteiger charge is 2.04. The highest BCUT2D eigenvalue weighted by Crippen LogP contribution is 2.09. The fourth-order valence-corrected chi connectivity index (χ4v) is 2.02. The first-order valence-electron chi connectivity index (χ1n) is 7.65. The summed E-state index contributed by atoms with van der Waals surface area (Å²) < 4.78 is 0. The highest BCUT2D eigenvalue weighted by molar-refractivity contribution is 5.89. The average molecular weight is 306 g/mol. The molecule has 122 valence electrons. The number of rotatable bonds is 8. The van der Waals surface area contributed by atoms with E-state index < -0.39 is 0 Å². The van der Waals surface area contributed by atoms with Gasteiger partial charge in [-0.15, -0.1) is 0 Å². The third kappa shape index (κ3) is 6.58. The van der Waals surface area contributed by atoms with Crippen LogP contribution in [0, 0.1) is 0 Å². The van der Waals surface area contributed by atoms with Crippen LogP contribution in [0.3, 0.4) is 0 Å². The summed E-state index contributed by atoms with van der Waals surface area (Å²) >= 11 is 0. The van der Waals surface area contributed by atoms with Gasteiger partial charge in [0.1, 0.15) is 0 Å². The summed E-state index contributed by atoms with van der Waals surface area (Å²) in [6.45, 7) is 7.61. The zero-order valence-corrected chi connectivity index (χ0v) is 13.6. The quantitative estimate of drug-likeness (QED) is 0.680. The lowest BCUT2D eigenvalue weighted by atomic mass is 10.1. The van der Waals surface area contributed by atoms with Crippen molar-refractivity contribution in [2.24, 2.45) is 0 Å². The van der Waals surface area contributed by atoms with Crippen LogP contribution in [0.2, 0.25) is 0 Å². The van der Waals surface area contributed by atoms with Gasteiger partial charge in [-0.1, -0.05) is 26.0 Å². The van der Waals surface area contributed by atoms with Crippen LogP contribution in [0.1, 0.15) is 19.4 Å². The minimum Gasteiger partial charge on any atom is -0.359 e. The molecule has 6 heteroatoms. The Bertz CT molecular complexity index is 470. The molecule has 0 heterocycles. The maximum atomic E-state index is 11.8. The maximum Gasteiger partial charge on any atom is 0.319 e. The summed E-state index contributed by atoms with van der Waals surface area (Å²) in [5.74, 6) is -0.0325. The second kappa shape index (κ2) is 9.78. The van der Waals surface area contributed by atoms with E-state index in [0.717, 1.165) is 25.2 Å². The molecule has 0 saturated heterocycles. The fourth-order valence-electron chi connectivity index (χ4n) is 2.02. The summed E-state index contributed by atoms with van der Waals surface area (Å²) in [6, 6.07) is 7.04. The number of carbonyl (C=O) groups excluding carboxylic acids is 2. The third-order valence-corrected chi connectivity index (χ3v) is 3.46. The average Bonchev–Trinajstić information content (AvgIpc) is 2.53. The van der Waals surface area contributed by atoms with E-state index in [1.807, 2.05) is 12.1 Å². The number of carbonyl (C=O) groups is 2. The van der Waals surface area contributed by atoms with E-state index in [1.165, 1.54) is 0 Å². The van der Waals surface area contributed by atoms with Crippen LogP contribution in [-0.2, 0) is 11.2 Å². The smallest absolute Gasteiger partial charge is 0.319 e. The molecule has 22 heavy (non-hydrogen) atoms. The largest absolute Gasteiger partial charge is 0.359 e. The van der Waals surface area contributed by atoms with Gasteiger partial charge in [-0.3, -0.25) is 4.79 Å². The minimum absolute atomic E-state index is 0.0325. The third-order valence-electron chi connectivity index (χ3n) is 3.46. The molecular formula is C16H26N4O2. The van der Waals surface area contributed by atoms with E-state index in [4.69, 9.17) is 0 Å². The van der Waals surface area contributed by atoms with Gasteiger partial charge in [-0.05, 0) is 30.8 Å². The second-order valence-corrected chi connectivity index (χ2v) is 4.95. The standard InChI is InChI=1S/C16H26N4O2/c1-4-20(5-2)11-10-18-16(22)19-14-8-6-13(7-9-14)12-15(21)17-3/h6-9H,4-5,10-12H2,1-3H3,(H,17,21)(H2,18,19,22). The molecule has 1 rings (SSSR count). The minimum atomic E-state index is -0.216. The first kappa shape index (κ1) is 18.0. The Balaban J connectivity index is 2.36. The monoisotopic (exact) mass is 306 g/mol. The normalized spacial score (nSPS) is 10.4. The van der Waals surface area contributed by atoms with Crippen molar-refractivity contribution in [1.29, 1.82) is 0 Å². The van der Waals surface area contributed by atoms with E-state index in [2.05, 4.69) is 34.7 Å². The van der Waals surface area contributed by atoms with Gasteiger partial charge in [0.2, 0.25) is 5.91 Å². The van der Waals surface area contributed by atoms with Crippen molar-refractivity contribution in [3.05, 3.63) is 29.8 Å². The molecule has 1 aromatic rings. The highest BCUT2D eigenvalue weighted by atomic mass is 16.2. The fraction of sp³-hybridized carbons (Fsp3) is 0.500. The summed E-state index contributed by atoms with van der Waals surface area (Å²) in [5, 5.41) is 8.19. The lowest BCUT2D eigenvalue weighted by Crippen LogP contribution is -2.36. The molecule has 0 aromatic heterocycles. The van der Waals surface area contributed by atoms with Gasteiger partial charge in [0.15, 0.2) is 0 Å². The van der Waals surface area contributed by atoms with E-state index >= 15 is 0 Å². The van der Waals surface area contributed by atoms with Gasteiger partial charge in [-0.2, -0.15) is 0 Å². The number of nitrogens with one attached hydrogen (secondary N) is 3. The number of hydrogen-bond acceptors (Lipinski definition) is 3. The molecule has 6 nitrogen and oxygen atoms in total. The Kier molecular flexibility index (Phi) is 7.99. The van der Waals surface area contributed by atoms with Crippen molar-refractivity contribution in [2.75, 3.05) is 38.5 Å². The molecule has 0 bridgehead atoms. The lowest BCUT2D eigenvalue weighted by Gasteiger charge is -2.18. The summed E-state index contributed by atoms with van der Waals surface area (Å²) in [7, 11) is 1.61. The van der Waals surface area contributed by atoms with Crippen LogP contribution in [0.25, 0.3) is 0 Å². The van der Waals surface area contributed by atoms with E-state index in [9.17, 15) is 9.59 Å². The van der Waals surface area contributed by atoms with Crippen LogP contribution >= 0.6 is 0 Å². The topological polar surface area (TPSA) is 73.5 Å². The molecule has 0 aliphatic rings. The molecule has 0 fully saturated rings. The Morgan fingerprint density at radius 1 is 1.09 bits per heavy atom. The number of nitrogens with zero attached hydrogens (tertiary/aromatic N) is 1. The first-order valence-corrected chi connectivity index (χ1v) is 7.65. The summed E-state index contributed by atoms with van der Waals surface area (Å²) in [5.41, 5.74) is 1.62. The molecule has 1 aromatic carbocycles. The van der Waals surface area contributed by atoms with Crippen LogP contribution in [0.15, 0.2) is 24.3 Å². The number of likely N-dealkylation sites (N-methyl/N-ethyl adjacent to an activating group) is 2. The Morgan fingerprint density at radius 3 is 2.27 bits per heavy atom. The van der Waals surface area contributed by atoms with Crippen molar-refractivity contribution in [3.8, 4) is 0 Å². The van der Waals surface area contributed by atoms with Gasteiger partial charge in [0.05, 0.1) is 6.42 Å². The number of hydrogen-bond donors (Lipinski definition) is 3. The Labute approximate surface area is 132 Å². The van der Waals surface area contributed by atoms with Crippen LogP contribution in [-0.4, -0.2) is 50.1 Å². The van der Waals surface area contributed by atoms with Crippen LogP contribution in [0.5, 0.6) is 0 Å². The maximum absolute atomic E-state index is 11.8. The van der Waals surface area contributed by atoms with Crippen molar-refractivity contribution in [3.63, 3.8) is 0 Å². The summed E-state index contributed by atoms with van der Waals surface area (Å²) in [6.07, 6.45) is 0.340. The van der Waals surface area contributed by atoms with E-state index in [1.54, 1.807) is 19.2 Å². The first-order chi connectivity index (χ1) is 10.6. The van der Waals surface area contributed by atoms with Crippen molar-refractivity contribution in [1.82, 2.24) is 15.5 Å². The predicted molar refractivity (Wildman–Crippen MR) is 89.0 cm³/mol. The molecule has 0 atom stereocenters. The number of urea groups is 1. The molecular weight excluding hydrogens is 280 g/mol. The molecule has 0 saturated carbocycles. The molecule has 3 amide bonds. The number of benzene rings is 1. The van der Waals surface area contributed by atoms with Gasteiger partial charge in [0, 0.05) is 25.8 Å². The van der Waals surface area contributed by atoms with Crippen molar-refractivity contribution < 1.29 is 9.59 Å². The molecule has 0 aliphatic heterocycles. The lowest BCUT2D eigenvalue weighted by molar-refractivity contribution is -0.119. The van der Waals surface area contributed by atoms with Gasteiger partial charge in [-0.25, -0.2) is 4.79 Å². The van der Waals surface area contributed by atoms with Crippen LogP contribution < -0.4 is 16.0 Å². The SMILES string of the molecule is CCN(CC)CCNC(=O)Nc1ccc(CC(=O)NC)cc1. The molecule has 0 aliphatic carbocycles. The predicted octanol–water partition coefficient (Wildman–Crippen LogP) is 1.44. The van der Waals surface area contributed by atoms with Crippen molar-refractivity contribution in [2.45, 2.75) is 20.3 Å². The summed E-state index contributed by atoms with van der Waals surface area (Å²) in [4.78, 5) is 25.3. The Hall–Kier alpha value is -2.08. The number of anilines is 1. The van der Waals surface area contributed by atoms with E-state index in [-0.39, 0.29) is 11.9 Å². The second-order valence-electron chi connectivity index (χ2n) is 4.95. The van der Waals surface area contributed by atoms with E-state index in [0.29, 0.717) is 18.7 Å². The van der Waals surface area contributed by atoms with Gasteiger partial charge in [0.25, 0.3) is 0 Å². The van der Waals surface area contributed by atoms with Gasteiger partial charge < -0.3 is 20.9 Å². The Morgan fingerprint density at radius 2 is 1.73 bits per heavy atom. The molecule has 0 radical (unpaired) electrons. The zero-order chi connectivity index (χ0) is 16.4. The molecule has 0 spiro atoms. The van der Waals surface area contributed by atoms with Crippen LogP contribution in [0.4, 0.5) is 10.5 Å². The van der Waals surface area contributed by atoms with Gasteiger partial charge >= 0.3 is 6.03 Å². The molecule has 3 N–H and O–H groups in total. The van der Waals surface area contributed by atoms with Crippen molar-refractivity contribution >= 4 is 17.6 Å². The number of amides is 3.